The topological polar surface area (TPSA) is 104 Å². The highest BCUT2D eigenvalue weighted by Crippen LogP contribution is 2.31. The summed E-state index contributed by atoms with van der Waals surface area (Å²) in [6.45, 7) is 1.56. The molecule has 0 aliphatic carbocycles. The quantitative estimate of drug-likeness (QED) is 0.590. The van der Waals surface area contributed by atoms with E-state index in [9.17, 15) is 9.59 Å². The molecule has 0 saturated carbocycles. The lowest BCUT2D eigenvalue weighted by molar-refractivity contribution is -0.135. The van der Waals surface area contributed by atoms with E-state index in [0.717, 1.165) is 20.8 Å². The molecule has 3 N–H and O–H groups in total. The maximum Gasteiger partial charge on any atom is 0.322 e. The first-order chi connectivity index (χ1) is 11.9. The number of aromatic nitrogens is 2. The summed E-state index contributed by atoms with van der Waals surface area (Å²) in [4.78, 5) is 32.6. The minimum Gasteiger partial charge on any atom is -0.480 e. The first-order valence-electron chi connectivity index (χ1n) is 7.23. The van der Waals surface area contributed by atoms with Crippen LogP contribution in [-0.2, 0) is 4.79 Å². The number of halogens is 1. The van der Waals surface area contributed by atoms with Crippen LogP contribution in [-0.4, -0.2) is 33.5 Å². The highest BCUT2D eigenvalue weighted by Gasteiger charge is 2.11. The molecule has 0 unspecified atom stereocenters. The second kappa shape index (κ2) is 7.04. The van der Waals surface area contributed by atoms with Crippen LogP contribution < -0.4 is 10.6 Å². The molecule has 0 radical (unpaired) electrons. The molecule has 128 valence electrons. The highest BCUT2D eigenvalue weighted by atomic mass is 35.5. The Balaban J connectivity index is 1.80. The van der Waals surface area contributed by atoms with Crippen LogP contribution >= 0.6 is 22.9 Å². The molecule has 3 rings (SSSR count). The highest BCUT2D eigenvalue weighted by molar-refractivity contribution is 7.18. The van der Waals surface area contributed by atoms with Gasteiger partial charge in [-0.2, -0.15) is 4.98 Å². The molecule has 9 heteroatoms. The number of carboxylic acids is 1. The molecule has 0 saturated heterocycles. The molecule has 2 aromatic heterocycles. The average molecular weight is 377 g/mol. The molecule has 3 aromatic rings. The van der Waals surface area contributed by atoms with Crippen molar-refractivity contribution < 1.29 is 14.7 Å². The Morgan fingerprint density at radius 2 is 1.96 bits per heavy atom. The molecule has 0 bridgehead atoms. The monoisotopic (exact) mass is 376 g/mol. The molecule has 0 fully saturated rings. The predicted octanol–water partition coefficient (Wildman–Crippen LogP) is 3.21. The summed E-state index contributed by atoms with van der Waals surface area (Å²) in [6.07, 6.45) is 0. The Hall–Kier alpha value is -2.71. The number of carbonyl (C=O) groups is 2. The lowest BCUT2D eigenvalue weighted by Gasteiger charge is -2.08. The third-order valence-corrected chi connectivity index (χ3v) is 4.41. The van der Waals surface area contributed by atoms with Crippen molar-refractivity contribution in [3.63, 3.8) is 0 Å². The Morgan fingerprint density at radius 3 is 2.64 bits per heavy atom. The molecule has 25 heavy (non-hydrogen) atoms. The van der Waals surface area contributed by atoms with Crippen molar-refractivity contribution >= 4 is 56.5 Å². The smallest absolute Gasteiger partial charge is 0.322 e. The average Bonchev–Trinajstić information content (AvgIpc) is 2.93. The summed E-state index contributed by atoms with van der Waals surface area (Å²) in [7, 11) is 0. The largest absolute Gasteiger partial charge is 0.480 e. The minimum atomic E-state index is -1.10. The van der Waals surface area contributed by atoms with Gasteiger partial charge in [0, 0.05) is 16.1 Å². The van der Waals surface area contributed by atoms with Crippen molar-refractivity contribution in [1.29, 1.82) is 0 Å². The third kappa shape index (κ3) is 4.04. The van der Waals surface area contributed by atoms with E-state index in [2.05, 4.69) is 20.6 Å². The number of rotatable bonds is 5. The van der Waals surface area contributed by atoms with Gasteiger partial charge in [0.2, 0.25) is 5.28 Å². The van der Waals surface area contributed by atoms with E-state index < -0.39 is 18.4 Å². The summed E-state index contributed by atoms with van der Waals surface area (Å²) in [6, 6.07) is 8.58. The number of hydrogen-bond donors (Lipinski definition) is 3. The van der Waals surface area contributed by atoms with Crippen LogP contribution in [0.1, 0.15) is 15.2 Å². The zero-order valence-corrected chi connectivity index (χ0v) is 14.6. The third-order valence-electron chi connectivity index (χ3n) is 3.30. The fraction of sp³-hybridized carbons (Fsp3) is 0.125. The van der Waals surface area contributed by atoms with Crippen LogP contribution in [0.15, 0.2) is 30.3 Å². The second-order valence-corrected chi connectivity index (χ2v) is 6.77. The van der Waals surface area contributed by atoms with Crippen molar-refractivity contribution in [2.45, 2.75) is 6.92 Å². The van der Waals surface area contributed by atoms with Gasteiger partial charge in [0.1, 0.15) is 17.2 Å². The standard InChI is InChI=1S/C16H13ClN4O3S/c1-8-6-11-13(20-16(17)21-15(11)25-8)19-10-4-2-9(3-5-10)14(24)18-7-12(22)23/h2-6H,7H2,1H3,(H,18,24)(H,22,23)(H,19,20,21). The lowest BCUT2D eigenvalue weighted by atomic mass is 10.2. The number of carbonyl (C=O) groups excluding carboxylic acids is 1. The van der Waals surface area contributed by atoms with Gasteiger partial charge in [-0.25, -0.2) is 4.98 Å². The molecular formula is C16H13ClN4O3S. The molecule has 0 aliphatic heterocycles. The van der Waals surface area contributed by atoms with Gasteiger partial charge in [0.15, 0.2) is 0 Å². The van der Waals surface area contributed by atoms with Crippen molar-refractivity contribution in [2.75, 3.05) is 11.9 Å². The van der Waals surface area contributed by atoms with Crippen LogP contribution in [0.3, 0.4) is 0 Å². The number of nitrogens with one attached hydrogen (secondary N) is 2. The van der Waals surface area contributed by atoms with Gasteiger partial charge in [-0.3, -0.25) is 9.59 Å². The molecule has 1 aromatic carbocycles. The Kier molecular flexibility index (Phi) is 4.82. The van der Waals surface area contributed by atoms with Crippen LogP contribution in [0, 0.1) is 6.92 Å². The number of fused-ring (bicyclic) bond motifs is 1. The van der Waals surface area contributed by atoms with E-state index in [0.29, 0.717) is 11.4 Å². The fourth-order valence-corrected chi connectivity index (χ4v) is 3.31. The number of carboxylic acid groups (broad SMARTS) is 1. The normalized spacial score (nSPS) is 10.6. The zero-order valence-electron chi connectivity index (χ0n) is 13.0. The first kappa shape index (κ1) is 17.1. The molecule has 0 aliphatic rings. The minimum absolute atomic E-state index is 0.154. The Bertz CT molecular complexity index is 956. The Morgan fingerprint density at radius 1 is 1.24 bits per heavy atom. The van der Waals surface area contributed by atoms with E-state index >= 15 is 0 Å². The number of aryl methyl sites for hydroxylation is 1. The van der Waals surface area contributed by atoms with Crippen LogP contribution in [0.5, 0.6) is 0 Å². The molecule has 7 nitrogen and oxygen atoms in total. The van der Waals surface area contributed by atoms with Crippen LogP contribution in [0.25, 0.3) is 10.2 Å². The summed E-state index contributed by atoms with van der Waals surface area (Å²) in [5.41, 5.74) is 1.08. The van der Waals surface area contributed by atoms with E-state index in [-0.39, 0.29) is 5.28 Å². The molecular weight excluding hydrogens is 364 g/mol. The second-order valence-electron chi connectivity index (χ2n) is 5.20. The van der Waals surface area contributed by atoms with Crippen molar-refractivity contribution in [1.82, 2.24) is 15.3 Å². The molecule has 2 heterocycles. The fourth-order valence-electron chi connectivity index (χ4n) is 2.21. The van der Waals surface area contributed by atoms with Gasteiger partial charge in [-0.05, 0) is 48.9 Å². The molecule has 0 atom stereocenters. The number of hydrogen-bond acceptors (Lipinski definition) is 6. The SMILES string of the molecule is Cc1cc2c(Nc3ccc(C(=O)NCC(=O)O)cc3)nc(Cl)nc2s1. The summed E-state index contributed by atoms with van der Waals surface area (Å²) < 4.78 is 0. The van der Waals surface area contributed by atoms with E-state index in [4.69, 9.17) is 16.7 Å². The van der Waals surface area contributed by atoms with Crippen LogP contribution in [0.4, 0.5) is 11.5 Å². The van der Waals surface area contributed by atoms with Gasteiger partial charge < -0.3 is 15.7 Å². The van der Waals surface area contributed by atoms with Crippen molar-refractivity contribution in [3.05, 3.63) is 46.1 Å². The number of anilines is 2. The van der Waals surface area contributed by atoms with E-state index in [1.807, 2.05) is 13.0 Å². The number of amides is 1. The van der Waals surface area contributed by atoms with E-state index in [1.54, 1.807) is 24.3 Å². The van der Waals surface area contributed by atoms with Gasteiger partial charge in [0.25, 0.3) is 5.91 Å². The molecule has 0 spiro atoms. The first-order valence-corrected chi connectivity index (χ1v) is 8.42. The number of thiophene rings is 1. The number of aliphatic carboxylic acids is 1. The zero-order chi connectivity index (χ0) is 18.0. The van der Waals surface area contributed by atoms with Crippen molar-refractivity contribution in [2.24, 2.45) is 0 Å². The van der Waals surface area contributed by atoms with Gasteiger partial charge in [-0.1, -0.05) is 0 Å². The Labute approximate surface area is 151 Å². The lowest BCUT2D eigenvalue weighted by Crippen LogP contribution is -2.29. The maximum atomic E-state index is 11.8. The van der Waals surface area contributed by atoms with Crippen LogP contribution in [0.2, 0.25) is 5.28 Å². The number of nitrogens with zero attached hydrogens (tertiary/aromatic N) is 2. The summed E-state index contributed by atoms with van der Waals surface area (Å²) in [5, 5.41) is 15.1. The van der Waals surface area contributed by atoms with Crippen molar-refractivity contribution in [3.8, 4) is 0 Å². The summed E-state index contributed by atoms with van der Waals surface area (Å²) in [5.74, 6) is -0.959. The maximum absolute atomic E-state index is 11.8. The predicted molar refractivity (Wildman–Crippen MR) is 96.9 cm³/mol. The summed E-state index contributed by atoms with van der Waals surface area (Å²) >= 11 is 7.50. The van der Waals surface area contributed by atoms with Gasteiger partial charge in [-0.15, -0.1) is 11.3 Å². The number of benzene rings is 1. The van der Waals surface area contributed by atoms with Gasteiger partial charge in [0.05, 0.1) is 5.39 Å². The van der Waals surface area contributed by atoms with Gasteiger partial charge >= 0.3 is 5.97 Å². The van der Waals surface area contributed by atoms with E-state index in [1.165, 1.54) is 11.3 Å². The molecule has 1 amide bonds.